The van der Waals surface area contributed by atoms with E-state index in [0.29, 0.717) is 16.6 Å². The van der Waals surface area contributed by atoms with Crippen LogP contribution in [0.2, 0.25) is 0 Å². The average molecular weight is 313 g/mol. The van der Waals surface area contributed by atoms with E-state index in [4.69, 9.17) is 5.73 Å². The summed E-state index contributed by atoms with van der Waals surface area (Å²) in [5, 5.41) is 1.14. The van der Waals surface area contributed by atoms with Gasteiger partial charge in [0.1, 0.15) is 10.1 Å². The second-order valence-electron chi connectivity index (χ2n) is 4.55. The molecular formula is C14H14F3N3S. The molecule has 0 radical (unpaired) electrons. The lowest BCUT2D eigenvalue weighted by atomic mass is 10.1. The first-order valence-electron chi connectivity index (χ1n) is 6.19. The molecule has 0 atom stereocenters. The van der Waals surface area contributed by atoms with Gasteiger partial charge in [0.25, 0.3) is 0 Å². The summed E-state index contributed by atoms with van der Waals surface area (Å²) in [5.41, 5.74) is 7.68. The van der Waals surface area contributed by atoms with Gasteiger partial charge in [-0.25, -0.2) is 9.97 Å². The van der Waals surface area contributed by atoms with Gasteiger partial charge in [-0.1, -0.05) is 0 Å². The van der Waals surface area contributed by atoms with Gasteiger partial charge in [0, 0.05) is 24.0 Å². The van der Waals surface area contributed by atoms with Crippen molar-refractivity contribution in [3.05, 3.63) is 46.8 Å². The minimum Gasteiger partial charge on any atom is -0.326 e. The zero-order valence-electron chi connectivity index (χ0n) is 11.5. The zero-order valence-corrected chi connectivity index (χ0v) is 12.3. The molecule has 7 heteroatoms. The summed E-state index contributed by atoms with van der Waals surface area (Å²) in [4.78, 5) is 8.23. The van der Waals surface area contributed by atoms with Crippen LogP contribution in [0.15, 0.2) is 34.4 Å². The first-order chi connectivity index (χ1) is 9.81. The average Bonchev–Trinajstić information content (AvgIpc) is 2.38. The Balaban J connectivity index is 2.30. The highest BCUT2D eigenvalue weighted by atomic mass is 32.2. The Hall–Kier alpha value is -1.60. The Kier molecular flexibility index (Phi) is 4.53. The Labute approximate surface area is 124 Å². The summed E-state index contributed by atoms with van der Waals surface area (Å²) in [6.45, 7) is 4.11. The van der Waals surface area contributed by atoms with E-state index in [2.05, 4.69) is 9.97 Å². The summed E-state index contributed by atoms with van der Waals surface area (Å²) in [6, 6.07) is 4.28. The van der Waals surface area contributed by atoms with Crippen molar-refractivity contribution in [3.8, 4) is 0 Å². The van der Waals surface area contributed by atoms with Gasteiger partial charge in [-0.15, -0.1) is 0 Å². The number of halogens is 3. The van der Waals surface area contributed by atoms with Crippen molar-refractivity contribution in [1.29, 1.82) is 0 Å². The van der Waals surface area contributed by atoms with Crippen molar-refractivity contribution in [2.45, 2.75) is 36.6 Å². The molecule has 2 N–H and O–H groups in total. The molecule has 2 aromatic rings. The number of pyridine rings is 2. The lowest BCUT2D eigenvalue weighted by molar-refractivity contribution is -0.137. The molecule has 0 saturated carbocycles. The van der Waals surface area contributed by atoms with Crippen LogP contribution in [-0.2, 0) is 12.7 Å². The smallest absolute Gasteiger partial charge is 0.326 e. The molecule has 3 nitrogen and oxygen atoms in total. The van der Waals surface area contributed by atoms with Crippen molar-refractivity contribution >= 4 is 11.8 Å². The lowest BCUT2D eigenvalue weighted by Crippen LogP contribution is -2.06. The van der Waals surface area contributed by atoms with Crippen molar-refractivity contribution in [3.63, 3.8) is 0 Å². The maximum absolute atomic E-state index is 12.5. The van der Waals surface area contributed by atoms with E-state index in [-0.39, 0.29) is 0 Å². The molecule has 0 fully saturated rings. The van der Waals surface area contributed by atoms with E-state index in [9.17, 15) is 13.2 Å². The van der Waals surface area contributed by atoms with Crippen LogP contribution >= 0.6 is 11.8 Å². The standard InChI is InChI=1S/C14H14F3N3S/c1-8-5-9(2)20-13(11(8)6-18)21-12-4-3-10(7-19-12)14(15,16)17/h3-5,7H,6,18H2,1-2H3. The number of aryl methyl sites for hydroxylation is 2. The van der Waals surface area contributed by atoms with E-state index < -0.39 is 11.7 Å². The third kappa shape index (κ3) is 3.74. The van der Waals surface area contributed by atoms with Crippen LogP contribution in [0, 0.1) is 13.8 Å². The monoisotopic (exact) mass is 313 g/mol. The molecule has 2 heterocycles. The molecule has 0 aliphatic carbocycles. The first kappa shape index (κ1) is 15.8. The highest BCUT2D eigenvalue weighted by Crippen LogP contribution is 2.32. The number of rotatable bonds is 3. The van der Waals surface area contributed by atoms with Gasteiger partial charge in [0.2, 0.25) is 0 Å². The molecule has 0 aliphatic rings. The van der Waals surface area contributed by atoms with Gasteiger partial charge >= 0.3 is 6.18 Å². The largest absolute Gasteiger partial charge is 0.417 e. The van der Waals surface area contributed by atoms with Crippen molar-refractivity contribution in [1.82, 2.24) is 9.97 Å². The summed E-state index contributed by atoms with van der Waals surface area (Å²) in [6.07, 6.45) is -3.55. The third-order valence-electron chi connectivity index (χ3n) is 2.91. The van der Waals surface area contributed by atoms with Gasteiger partial charge in [0.15, 0.2) is 0 Å². The molecular weight excluding hydrogens is 299 g/mol. The number of hydrogen-bond donors (Lipinski definition) is 1. The molecule has 0 spiro atoms. The zero-order chi connectivity index (χ0) is 15.6. The molecule has 0 aliphatic heterocycles. The summed E-state index contributed by atoms with van der Waals surface area (Å²) < 4.78 is 37.5. The summed E-state index contributed by atoms with van der Waals surface area (Å²) in [5.74, 6) is 0. The Morgan fingerprint density at radius 3 is 2.48 bits per heavy atom. The fourth-order valence-corrected chi connectivity index (χ4v) is 2.87. The van der Waals surface area contributed by atoms with Gasteiger partial charge in [-0.3, -0.25) is 0 Å². The normalized spacial score (nSPS) is 11.7. The molecule has 2 aromatic heterocycles. The molecule has 0 amide bonds. The van der Waals surface area contributed by atoms with Crippen molar-refractivity contribution in [2.75, 3.05) is 0 Å². The second-order valence-corrected chi connectivity index (χ2v) is 5.56. The van der Waals surface area contributed by atoms with Crippen LogP contribution in [-0.4, -0.2) is 9.97 Å². The molecule has 0 saturated heterocycles. The predicted octanol–water partition coefficient (Wildman–Crippen LogP) is 3.72. The predicted molar refractivity (Wildman–Crippen MR) is 75.0 cm³/mol. The number of aromatic nitrogens is 2. The van der Waals surface area contributed by atoms with E-state index in [1.54, 1.807) is 0 Å². The number of nitrogens with zero attached hydrogens (tertiary/aromatic N) is 2. The van der Waals surface area contributed by atoms with E-state index in [1.807, 2.05) is 19.9 Å². The fraction of sp³-hybridized carbons (Fsp3) is 0.286. The van der Waals surface area contributed by atoms with Crippen LogP contribution in [0.1, 0.15) is 22.4 Å². The molecule has 0 unspecified atom stereocenters. The van der Waals surface area contributed by atoms with E-state index >= 15 is 0 Å². The molecule has 0 bridgehead atoms. The number of hydrogen-bond acceptors (Lipinski definition) is 4. The van der Waals surface area contributed by atoms with Crippen LogP contribution < -0.4 is 5.73 Å². The first-order valence-corrected chi connectivity index (χ1v) is 7.01. The maximum atomic E-state index is 12.5. The minimum atomic E-state index is -4.38. The van der Waals surface area contributed by atoms with E-state index in [0.717, 1.165) is 29.1 Å². The maximum Gasteiger partial charge on any atom is 0.417 e. The third-order valence-corrected chi connectivity index (χ3v) is 3.89. The van der Waals surface area contributed by atoms with Crippen LogP contribution in [0.3, 0.4) is 0 Å². The van der Waals surface area contributed by atoms with Crippen molar-refractivity contribution < 1.29 is 13.2 Å². The number of nitrogens with two attached hydrogens (primary N) is 1. The van der Waals surface area contributed by atoms with E-state index in [1.165, 1.54) is 17.8 Å². The minimum absolute atomic E-state index is 0.322. The van der Waals surface area contributed by atoms with Gasteiger partial charge in [-0.05, 0) is 49.4 Å². The van der Waals surface area contributed by atoms with Gasteiger partial charge in [-0.2, -0.15) is 13.2 Å². The Morgan fingerprint density at radius 2 is 1.95 bits per heavy atom. The quantitative estimate of drug-likeness (QED) is 0.938. The lowest BCUT2D eigenvalue weighted by Gasteiger charge is -2.11. The molecule has 2 rings (SSSR count). The fourth-order valence-electron chi connectivity index (χ4n) is 1.87. The Bertz CT molecular complexity index is 639. The molecule has 112 valence electrons. The van der Waals surface area contributed by atoms with Crippen LogP contribution in [0.5, 0.6) is 0 Å². The summed E-state index contributed by atoms with van der Waals surface area (Å²) >= 11 is 1.22. The van der Waals surface area contributed by atoms with Crippen LogP contribution in [0.4, 0.5) is 13.2 Å². The second kappa shape index (κ2) is 6.03. The molecule has 21 heavy (non-hydrogen) atoms. The highest BCUT2D eigenvalue weighted by molar-refractivity contribution is 7.99. The van der Waals surface area contributed by atoms with Crippen LogP contribution in [0.25, 0.3) is 0 Å². The SMILES string of the molecule is Cc1cc(C)c(CN)c(Sc2ccc(C(F)(F)F)cn2)n1. The van der Waals surface area contributed by atoms with Crippen molar-refractivity contribution in [2.24, 2.45) is 5.73 Å². The topological polar surface area (TPSA) is 51.8 Å². The molecule has 0 aromatic carbocycles. The highest BCUT2D eigenvalue weighted by Gasteiger charge is 2.30. The van der Waals surface area contributed by atoms with Gasteiger partial charge in [0.05, 0.1) is 5.56 Å². The Morgan fingerprint density at radius 1 is 1.24 bits per heavy atom. The van der Waals surface area contributed by atoms with Gasteiger partial charge < -0.3 is 5.73 Å². The number of alkyl halides is 3. The summed E-state index contributed by atoms with van der Waals surface area (Å²) in [7, 11) is 0.